The van der Waals surface area contributed by atoms with Gasteiger partial charge in [-0.25, -0.2) is 9.59 Å². The number of Topliss-reactive ketones (excluding diaryl/α,β-unsaturated/α-hetero) is 1. The van der Waals surface area contributed by atoms with Crippen molar-refractivity contribution in [3.63, 3.8) is 0 Å². The van der Waals surface area contributed by atoms with Gasteiger partial charge in [-0.1, -0.05) is 0 Å². The molecular formula is C28H49N5O6. The molecular weight excluding hydrogens is 502 g/mol. The zero-order chi connectivity index (χ0) is 29.1. The second-order valence-electron chi connectivity index (χ2n) is 12.6. The number of rotatable bonds is 7. The molecule has 1 aromatic rings. The molecule has 2 aliphatic carbocycles. The van der Waals surface area contributed by atoms with Crippen molar-refractivity contribution in [1.82, 2.24) is 20.8 Å². The molecule has 0 unspecified atom stereocenters. The highest BCUT2D eigenvalue weighted by molar-refractivity contribution is 5.82. The number of alkyl carbamates (subject to hydrolysis) is 2. The molecule has 2 fully saturated rings. The van der Waals surface area contributed by atoms with E-state index in [1.165, 1.54) is 6.39 Å². The van der Waals surface area contributed by atoms with Gasteiger partial charge < -0.3 is 30.3 Å². The summed E-state index contributed by atoms with van der Waals surface area (Å²) < 4.78 is 15.7. The maximum atomic E-state index is 11.6. The first-order valence-corrected chi connectivity index (χ1v) is 14.2. The summed E-state index contributed by atoms with van der Waals surface area (Å²) in [7, 11) is 0. The van der Waals surface area contributed by atoms with Crippen LogP contribution in [0, 0.1) is 17.8 Å². The van der Waals surface area contributed by atoms with Gasteiger partial charge in [-0.2, -0.15) is 0 Å². The van der Waals surface area contributed by atoms with Gasteiger partial charge in [-0.15, -0.1) is 10.2 Å². The first-order valence-electron chi connectivity index (χ1n) is 14.2. The van der Waals surface area contributed by atoms with Crippen LogP contribution >= 0.6 is 0 Å². The maximum Gasteiger partial charge on any atom is 0.407 e. The fourth-order valence-corrected chi connectivity index (χ4v) is 4.91. The summed E-state index contributed by atoms with van der Waals surface area (Å²) >= 11 is 0. The topological polar surface area (TPSA) is 159 Å². The van der Waals surface area contributed by atoms with E-state index in [-0.39, 0.29) is 30.4 Å². The molecule has 222 valence electrons. The van der Waals surface area contributed by atoms with E-state index in [9.17, 15) is 14.4 Å². The lowest BCUT2D eigenvalue weighted by Gasteiger charge is -2.28. The Morgan fingerprint density at radius 2 is 1.31 bits per heavy atom. The Hall–Kier alpha value is -2.69. The van der Waals surface area contributed by atoms with Crippen molar-refractivity contribution in [2.75, 3.05) is 19.6 Å². The van der Waals surface area contributed by atoms with Gasteiger partial charge in [0.25, 0.3) is 0 Å². The summed E-state index contributed by atoms with van der Waals surface area (Å²) in [6, 6.07) is 0. The van der Waals surface area contributed by atoms with Crippen LogP contribution in [0.1, 0.15) is 105 Å². The molecule has 1 aromatic heterocycles. The molecule has 11 nitrogen and oxygen atoms in total. The molecule has 2 amide bonds. The van der Waals surface area contributed by atoms with E-state index in [0.29, 0.717) is 30.8 Å². The molecule has 39 heavy (non-hydrogen) atoms. The number of nitrogens with two attached hydrogens (primary N) is 1. The van der Waals surface area contributed by atoms with Crippen LogP contribution in [-0.2, 0) is 14.3 Å². The molecule has 0 bridgehead atoms. The summed E-state index contributed by atoms with van der Waals surface area (Å²) in [5, 5.41) is 13.3. The third-order valence-corrected chi connectivity index (χ3v) is 6.94. The number of aromatic nitrogens is 2. The number of carbonyl (C=O) groups excluding carboxylic acids is 3. The molecule has 0 aliphatic heterocycles. The van der Waals surface area contributed by atoms with E-state index in [4.69, 9.17) is 19.6 Å². The normalized spacial score (nSPS) is 23.6. The lowest BCUT2D eigenvalue weighted by Crippen LogP contribution is -2.37. The number of carbonyl (C=O) groups is 3. The van der Waals surface area contributed by atoms with Crippen LogP contribution in [-0.4, -0.2) is 59.0 Å². The van der Waals surface area contributed by atoms with Crippen molar-refractivity contribution in [3.05, 3.63) is 12.3 Å². The number of ether oxygens (including phenoxy) is 2. The van der Waals surface area contributed by atoms with Gasteiger partial charge in [-0.3, -0.25) is 4.79 Å². The Morgan fingerprint density at radius 3 is 1.69 bits per heavy atom. The van der Waals surface area contributed by atoms with Crippen LogP contribution < -0.4 is 16.4 Å². The van der Waals surface area contributed by atoms with Gasteiger partial charge in [0.05, 0.1) is 6.54 Å². The van der Waals surface area contributed by atoms with Crippen molar-refractivity contribution < 1.29 is 28.3 Å². The Labute approximate surface area is 232 Å². The number of hydrogen-bond acceptors (Lipinski definition) is 9. The Morgan fingerprint density at radius 1 is 0.846 bits per heavy atom. The minimum atomic E-state index is -0.463. The molecule has 0 spiro atoms. The SMILES string of the molecule is CC(C)(C)OC(=O)NCC1CCC(C(=O)CN)CC1.CC(C)(C)OC(=O)NCC1CCC(c2nnco2)CC1. The van der Waals surface area contributed by atoms with Crippen molar-refractivity contribution in [1.29, 1.82) is 0 Å². The van der Waals surface area contributed by atoms with E-state index < -0.39 is 11.2 Å². The maximum absolute atomic E-state index is 11.6. The van der Waals surface area contributed by atoms with Crippen LogP contribution in [0.25, 0.3) is 0 Å². The Bertz CT molecular complexity index is 877. The highest BCUT2D eigenvalue weighted by Gasteiger charge is 2.27. The van der Waals surface area contributed by atoms with Crippen LogP contribution in [0.4, 0.5) is 9.59 Å². The standard InChI is InChI=1S/C14H23N3O3.C14H26N2O3/c1-14(2,3)20-13(18)15-8-10-4-6-11(7-5-10)12-17-16-9-19-12;1-14(2,3)19-13(18)16-9-10-4-6-11(7-5-10)12(17)8-15/h9-11H,4-8H2,1-3H3,(H,15,18);10-11H,4-9,15H2,1-3H3,(H,16,18). The zero-order valence-electron chi connectivity index (χ0n) is 24.6. The molecule has 2 aliphatic rings. The van der Waals surface area contributed by atoms with Crippen LogP contribution in [0.15, 0.2) is 10.8 Å². The lowest BCUT2D eigenvalue weighted by atomic mass is 9.80. The molecule has 0 radical (unpaired) electrons. The first-order chi connectivity index (χ1) is 18.3. The quantitative estimate of drug-likeness (QED) is 0.436. The van der Waals surface area contributed by atoms with Crippen molar-refractivity contribution in [2.24, 2.45) is 23.5 Å². The average Bonchev–Trinajstić information content (AvgIpc) is 3.40. The van der Waals surface area contributed by atoms with Crippen molar-refractivity contribution in [3.8, 4) is 0 Å². The number of amides is 2. The minimum Gasteiger partial charge on any atom is -0.444 e. The summed E-state index contributed by atoms with van der Waals surface area (Å²) in [6.07, 6.45) is 8.55. The molecule has 0 aromatic carbocycles. The van der Waals surface area contributed by atoms with Crippen LogP contribution in [0.3, 0.4) is 0 Å². The highest BCUT2D eigenvalue weighted by Crippen LogP contribution is 2.34. The van der Waals surface area contributed by atoms with E-state index >= 15 is 0 Å². The molecule has 11 heteroatoms. The first kappa shape index (κ1) is 32.5. The number of ketones is 1. The molecule has 2 saturated carbocycles. The third-order valence-electron chi connectivity index (χ3n) is 6.94. The van der Waals surface area contributed by atoms with Crippen LogP contribution in [0.5, 0.6) is 0 Å². The monoisotopic (exact) mass is 551 g/mol. The molecule has 4 N–H and O–H groups in total. The fraction of sp³-hybridized carbons (Fsp3) is 0.821. The predicted octanol–water partition coefficient (Wildman–Crippen LogP) is 4.71. The third kappa shape index (κ3) is 13.3. The number of hydrogen-bond donors (Lipinski definition) is 3. The smallest absolute Gasteiger partial charge is 0.407 e. The summed E-state index contributed by atoms with van der Waals surface area (Å²) in [5.41, 5.74) is 4.46. The van der Waals surface area contributed by atoms with Crippen molar-refractivity contribution >= 4 is 18.0 Å². The van der Waals surface area contributed by atoms with E-state index in [2.05, 4.69) is 20.8 Å². The Balaban J connectivity index is 0.000000274. The minimum absolute atomic E-state index is 0.128. The predicted molar refractivity (Wildman–Crippen MR) is 147 cm³/mol. The van der Waals surface area contributed by atoms with E-state index in [0.717, 1.165) is 57.3 Å². The lowest BCUT2D eigenvalue weighted by molar-refractivity contribution is -0.122. The fourth-order valence-electron chi connectivity index (χ4n) is 4.91. The Kier molecular flexibility index (Phi) is 12.7. The van der Waals surface area contributed by atoms with Gasteiger partial charge >= 0.3 is 12.2 Å². The van der Waals surface area contributed by atoms with Crippen LogP contribution in [0.2, 0.25) is 0 Å². The van der Waals surface area contributed by atoms with Gasteiger partial charge in [0.2, 0.25) is 12.3 Å². The number of nitrogens with zero attached hydrogens (tertiary/aromatic N) is 2. The van der Waals surface area contributed by atoms with Gasteiger partial charge in [-0.05, 0) is 105 Å². The second kappa shape index (κ2) is 15.2. The molecule has 0 saturated heterocycles. The number of nitrogens with one attached hydrogen (secondary N) is 2. The largest absolute Gasteiger partial charge is 0.444 e. The average molecular weight is 552 g/mol. The summed E-state index contributed by atoms with van der Waals surface area (Å²) in [6.45, 7) is 12.6. The van der Waals surface area contributed by atoms with Crippen molar-refractivity contribution in [2.45, 2.75) is 110 Å². The highest BCUT2D eigenvalue weighted by atomic mass is 16.6. The summed E-state index contributed by atoms with van der Waals surface area (Å²) in [4.78, 5) is 34.6. The van der Waals surface area contributed by atoms with Gasteiger partial charge in [0.15, 0.2) is 0 Å². The molecule has 1 heterocycles. The summed E-state index contributed by atoms with van der Waals surface area (Å²) in [5.74, 6) is 2.34. The van der Waals surface area contributed by atoms with E-state index in [1.807, 2.05) is 41.5 Å². The molecule has 3 rings (SSSR count). The van der Waals surface area contributed by atoms with E-state index in [1.54, 1.807) is 0 Å². The van der Waals surface area contributed by atoms with Gasteiger partial charge in [0, 0.05) is 24.9 Å². The second-order valence-corrected chi connectivity index (χ2v) is 12.6. The molecule has 0 atom stereocenters. The van der Waals surface area contributed by atoms with Gasteiger partial charge in [0.1, 0.15) is 17.0 Å². The zero-order valence-corrected chi connectivity index (χ0v) is 24.6.